The molecule has 1 unspecified atom stereocenters. The Balaban J connectivity index is 1.89. The summed E-state index contributed by atoms with van der Waals surface area (Å²) in [6.07, 6.45) is 5.87. The van der Waals surface area contributed by atoms with E-state index in [1.54, 1.807) is 11.3 Å². The van der Waals surface area contributed by atoms with E-state index < -0.39 is 6.10 Å². The van der Waals surface area contributed by atoms with Crippen LogP contribution in [-0.4, -0.2) is 5.11 Å². The lowest BCUT2D eigenvalue weighted by Gasteiger charge is -2.05. The Labute approximate surface area is 130 Å². The van der Waals surface area contributed by atoms with E-state index in [1.165, 1.54) is 47.4 Å². The summed E-state index contributed by atoms with van der Waals surface area (Å²) in [6, 6.07) is 4.29. The average Bonchev–Trinajstić information content (AvgIpc) is 2.87. The summed E-state index contributed by atoms with van der Waals surface area (Å²) in [6.45, 7) is 2.08. The Morgan fingerprint density at radius 2 is 1.84 bits per heavy atom. The summed E-state index contributed by atoms with van der Waals surface area (Å²) >= 11 is 7.01. The summed E-state index contributed by atoms with van der Waals surface area (Å²) in [5.74, 6) is 0. The molecule has 2 aromatic rings. The van der Waals surface area contributed by atoms with Crippen molar-refractivity contribution < 1.29 is 5.11 Å². The quantitative estimate of drug-likeness (QED) is 0.730. The molecule has 2 heterocycles. The van der Waals surface area contributed by atoms with Crippen LogP contribution in [-0.2, 0) is 12.8 Å². The van der Waals surface area contributed by atoms with Crippen molar-refractivity contribution in [1.29, 1.82) is 0 Å². The zero-order chi connectivity index (χ0) is 13.4. The number of rotatable bonds is 2. The molecule has 0 bridgehead atoms. The third-order valence-electron chi connectivity index (χ3n) is 3.68. The molecule has 1 atom stereocenters. The summed E-state index contributed by atoms with van der Waals surface area (Å²) < 4.78 is 1.10. The van der Waals surface area contributed by atoms with Gasteiger partial charge in [-0.2, -0.15) is 0 Å². The summed E-state index contributed by atoms with van der Waals surface area (Å²) in [5.41, 5.74) is 1.48. The van der Waals surface area contributed by atoms with E-state index in [4.69, 9.17) is 0 Å². The highest BCUT2D eigenvalue weighted by atomic mass is 79.9. The first-order chi connectivity index (χ1) is 9.15. The Hall–Kier alpha value is -0.160. The molecule has 0 aliphatic heterocycles. The molecule has 1 aliphatic rings. The lowest BCUT2D eigenvalue weighted by atomic mass is 10.1. The van der Waals surface area contributed by atoms with Gasteiger partial charge in [-0.15, -0.1) is 22.7 Å². The zero-order valence-corrected chi connectivity index (χ0v) is 14.1. The van der Waals surface area contributed by atoms with E-state index in [9.17, 15) is 5.11 Å². The van der Waals surface area contributed by atoms with Crippen LogP contribution in [0.2, 0.25) is 0 Å². The molecule has 0 aromatic carbocycles. The highest BCUT2D eigenvalue weighted by Gasteiger charge is 2.20. The van der Waals surface area contributed by atoms with Crippen molar-refractivity contribution in [3.8, 4) is 0 Å². The van der Waals surface area contributed by atoms with E-state index in [1.807, 2.05) is 11.3 Å². The first-order valence-corrected chi connectivity index (χ1v) is 9.13. The number of hydrogen-bond donors (Lipinski definition) is 1. The van der Waals surface area contributed by atoms with Crippen LogP contribution in [0.15, 0.2) is 16.6 Å². The van der Waals surface area contributed by atoms with Gasteiger partial charge in [0.2, 0.25) is 0 Å². The van der Waals surface area contributed by atoms with Gasteiger partial charge < -0.3 is 5.11 Å². The fourth-order valence-electron chi connectivity index (χ4n) is 2.58. The molecule has 0 radical (unpaired) electrons. The number of thiophene rings is 2. The van der Waals surface area contributed by atoms with Gasteiger partial charge in [-0.3, -0.25) is 0 Å². The number of aliphatic hydroxyl groups excluding tert-OH is 1. The van der Waals surface area contributed by atoms with Gasteiger partial charge in [0, 0.05) is 24.0 Å². The normalized spacial score (nSPS) is 17.0. The topological polar surface area (TPSA) is 20.2 Å². The van der Waals surface area contributed by atoms with E-state index in [2.05, 4.69) is 35.0 Å². The van der Waals surface area contributed by atoms with Crippen LogP contribution in [0.3, 0.4) is 0 Å². The molecular weight excluding hydrogens is 340 g/mol. The smallest absolute Gasteiger partial charge is 0.122 e. The minimum atomic E-state index is -0.452. The SMILES string of the molecule is Cc1sc(C(O)c2cc3c(s2)CCCCC3)cc1Br. The molecule has 19 heavy (non-hydrogen) atoms. The zero-order valence-electron chi connectivity index (χ0n) is 10.9. The summed E-state index contributed by atoms with van der Waals surface area (Å²) in [7, 11) is 0. The molecule has 4 heteroatoms. The number of halogens is 1. The van der Waals surface area contributed by atoms with Gasteiger partial charge in [-0.1, -0.05) is 6.42 Å². The molecule has 1 N–H and O–H groups in total. The van der Waals surface area contributed by atoms with Gasteiger partial charge in [-0.25, -0.2) is 0 Å². The van der Waals surface area contributed by atoms with Crippen molar-refractivity contribution in [2.24, 2.45) is 0 Å². The van der Waals surface area contributed by atoms with Crippen LogP contribution in [0.1, 0.15) is 50.4 Å². The van der Waals surface area contributed by atoms with Gasteiger partial charge in [0.05, 0.1) is 0 Å². The number of aliphatic hydroxyl groups is 1. The Kier molecular flexibility index (Phi) is 4.13. The van der Waals surface area contributed by atoms with Crippen molar-refractivity contribution in [1.82, 2.24) is 0 Å². The van der Waals surface area contributed by atoms with Gasteiger partial charge in [0.1, 0.15) is 6.10 Å². The maximum absolute atomic E-state index is 10.5. The average molecular weight is 357 g/mol. The van der Waals surface area contributed by atoms with Gasteiger partial charge in [0.25, 0.3) is 0 Å². The molecule has 1 nitrogen and oxygen atoms in total. The lowest BCUT2D eigenvalue weighted by molar-refractivity contribution is 0.228. The fraction of sp³-hybridized carbons (Fsp3) is 0.467. The fourth-order valence-corrected chi connectivity index (χ4v) is 5.49. The van der Waals surface area contributed by atoms with Gasteiger partial charge in [-0.05, 0) is 66.2 Å². The molecule has 0 fully saturated rings. The molecule has 1 aliphatic carbocycles. The molecule has 0 saturated carbocycles. The first kappa shape index (κ1) is 13.8. The largest absolute Gasteiger partial charge is 0.382 e. The Morgan fingerprint density at radius 3 is 2.58 bits per heavy atom. The monoisotopic (exact) mass is 356 g/mol. The van der Waals surface area contributed by atoms with Crippen LogP contribution in [0.4, 0.5) is 0 Å². The predicted octanol–water partition coefficient (Wildman–Crippen LogP) is 5.23. The number of aryl methyl sites for hydroxylation is 3. The van der Waals surface area contributed by atoms with E-state index >= 15 is 0 Å². The molecule has 0 saturated heterocycles. The predicted molar refractivity (Wildman–Crippen MR) is 86.4 cm³/mol. The second kappa shape index (κ2) is 5.68. The van der Waals surface area contributed by atoms with Crippen molar-refractivity contribution in [3.05, 3.63) is 41.7 Å². The summed E-state index contributed by atoms with van der Waals surface area (Å²) in [4.78, 5) is 4.88. The van der Waals surface area contributed by atoms with Gasteiger partial charge >= 0.3 is 0 Å². The van der Waals surface area contributed by atoms with Crippen LogP contribution in [0.25, 0.3) is 0 Å². The lowest BCUT2D eigenvalue weighted by Crippen LogP contribution is -1.93. The maximum atomic E-state index is 10.5. The van der Waals surface area contributed by atoms with Gasteiger partial charge in [0.15, 0.2) is 0 Å². The third-order valence-corrected chi connectivity index (χ3v) is 7.16. The van der Waals surface area contributed by atoms with Crippen LogP contribution in [0, 0.1) is 6.92 Å². The molecule has 3 rings (SSSR count). The number of hydrogen-bond acceptors (Lipinski definition) is 3. The van der Waals surface area contributed by atoms with Crippen molar-refractivity contribution in [3.63, 3.8) is 0 Å². The second-order valence-corrected chi connectivity index (χ2v) is 8.42. The highest BCUT2D eigenvalue weighted by Crippen LogP contribution is 2.38. The van der Waals surface area contributed by atoms with Crippen LogP contribution >= 0.6 is 38.6 Å². The first-order valence-electron chi connectivity index (χ1n) is 6.70. The van der Waals surface area contributed by atoms with Crippen molar-refractivity contribution in [2.45, 2.75) is 45.1 Å². The molecule has 2 aromatic heterocycles. The highest BCUT2D eigenvalue weighted by molar-refractivity contribution is 9.10. The minimum Gasteiger partial charge on any atom is -0.382 e. The molecule has 0 amide bonds. The Morgan fingerprint density at radius 1 is 1.11 bits per heavy atom. The maximum Gasteiger partial charge on any atom is 0.122 e. The second-order valence-electron chi connectivity index (χ2n) is 5.11. The number of fused-ring (bicyclic) bond motifs is 1. The van der Waals surface area contributed by atoms with E-state index in [0.717, 1.165) is 14.2 Å². The third kappa shape index (κ3) is 2.82. The minimum absolute atomic E-state index is 0.452. The van der Waals surface area contributed by atoms with Crippen LogP contribution < -0.4 is 0 Å². The van der Waals surface area contributed by atoms with Crippen LogP contribution in [0.5, 0.6) is 0 Å². The Bertz CT molecular complexity index is 542. The molecule has 102 valence electrons. The standard InChI is InChI=1S/C15H17BrOS2/c1-9-11(16)8-14(18-9)15(17)13-7-10-5-3-2-4-6-12(10)19-13/h7-8,15,17H,2-6H2,1H3. The molecule has 0 spiro atoms. The van der Waals surface area contributed by atoms with E-state index in [0.29, 0.717) is 0 Å². The summed E-state index contributed by atoms with van der Waals surface area (Å²) in [5, 5.41) is 10.5. The molecular formula is C15H17BrOS2. The van der Waals surface area contributed by atoms with Crippen molar-refractivity contribution >= 4 is 38.6 Å². The van der Waals surface area contributed by atoms with Crippen molar-refractivity contribution in [2.75, 3.05) is 0 Å². The van der Waals surface area contributed by atoms with E-state index in [-0.39, 0.29) is 0 Å².